The van der Waals surface area contributed by atoms with Gasteiger partial charge in [0.25, 0.3) is 5.91 Å². The molecular formula is C41H57N7O8. The van der Waals surface area contributed by atoms with Crippen molar-refractivity contribution < 1.29 is 39.0 Å². The second-order valence-corrected chi connectivity index (χ2v) is 14.0. The average molecular weight is 776 g/mol. The van der Waals surface area contributed by atoms with Gasteiger partial charge in [-0.2, -0.15) is 0 Å². The molecule has 4 amide bonds. The summed E-state index contributed by atoms with van der Waals surface area (Å²) in [6.45, 7) is 1.03. The van der Waals surface area contributed by atoms with Crippen molar-refractivity contribution in [2.45, 2.75) is 121 Å². The van der Waals surface area contributed by atoms with Crippen molar-refractivity contribution in [2.24, 2.45) is 0 Å². The Bertz CT molecular complexity index is 1670. The summed E-state index contributed by atoms with van der Waals surface area (Å²) in [5.41, 5.74) is 1.26. The first-order valence-electron chi connectivity index (χ1n) is 19.7. The van der Waals surface area contributed by atoms with E-state index in [2.05, 4.69) is 38.5 Å². The van der Waals surface area contributed by atoms with E-state index in [4.69, 9.17) is 5.11 Å². The van der Waals surface area contributed by atoms with Crippen molar-refractivity contribution in [1.29, 1.82) is 0 Å². The zero-order valence-electron chi connectivity index (χ0n) is 32.3. The molecule has 3 atom stereocenters. The van der Waals surface area contributed by atoms with Crippen molar-refractivity contribution in [2.75, 3.05) is 13.1 Å². The van der Waals surface area contributed by atoms with Crippen LogP contribution in [0.2, 0.25) is 0 Å². The van der Waals surface area contributed by atoms with Crippen molar-refractivity contribution >= 4 is 35.6 Å². The highest BCUT2D eigenvalue weighted by Gasteiger charge is 2.27. The monoisotopic (exact) mass is 775 g/mol. The van der Waals surface area contributed by atoms with Crippen LogP contribution in [0, 0.1) is 0 Å². The summed E-state index contributed by atoms with van der Waals surface area (Å²) in [6.07, 6.45) is 15.5. The number of hydrogen-bond acceptors (Lipinski definition) is 8. The number of carboxylic acid groups (broad SMARTS) is 2. The Morgan fingerprint density at radius 1 is 0.643 bits per heavy atom. The quantitative estimate of drug-likeness (QED) is 0.0572. The van der Waals surface area contributed by atoms with E-state index in [1.807, 2.05) is 0 Å². The third-order valence-electron chi connectivity index (χ3n) is 9.35. The zero-order chi connectivity index (χ0) is 40.5. The predicted molar refractivity (Wildman–Crippen MR) is 210 cm³/mol. The molecule has 1 unspecified atom stereocenters. The summed E-state index contributed by atoms with van der Waals surface area (Å²) in [7, 11) is 0. The Labute approximate surface area is 328 Å². The maximum Gasteiger partial charge on any atom is 0.328 e. The molecule has 0 fully saturated rings. The fraction of sp³-hybridized carbons (Fsp3) is 0.512. The number of aliphatic carboxylic acids is 2. The van der Waals surface area contributed by atoms with Gasteiger partial charge in [-0.05, 0) is 17.5 Å². The lowest BCUT2D eigenvalue weighted by molar-refractivity contribution is -0.141. The molecule has 3 rings (SSSR count). The van der Waals surface area contributed by atoms with Gasteiger partial charge in [0.15, 0.2) is 11.7 Å². The van der Waals surface area contributed by atoms with Crippen molar-refractivity contribution in [3.63, 3.8) is 0 Å². The molecule has 2 aromatic carbocycles. The van der Waals surface area contributed by atoms with Gasteiger partial charge < -0.3 is 31.5 Å². The molecule has 0 radical (unpaired) electrons. The summed E-state index contributed by atoms with van der Waals surface area (Å²) in [4.78, 5) is 75.6. The van der Waals surface area contributed by atoms with Crippen LogP contribution in [-0.4, -0.2) is 85.9 Å². The molecule has 0 aliphatic heterocycles. The van der Waals surface area contributed by atoms with Crippen LogP contribution in [0.1, 0.15) is 118 Å². The van der Waals surface area contributed by atoms with E-state index in [1.54, 1.807) is 60.7 Å². The molecule has 3 aromatic rings. The van der Waals surface area contributed by atoms with Gasteiger partial charge >= 0.3 is 11.9 Å². The number of benzene rings is 2. The van der Waals surface area contributed by atoms with Crippen LogP contribution in [-0.2, 0) is 36.8 Å². The minimum Gasteiger partial charge on any atom is -0.480 e. The number of amides is 4. The molecule has 0 aliphatic rings. The minimum atomic E-state index is -1.25. The van der Waals surface area contributed by atoms with Gasteiger partial charge in [0.2, 0.25) is 17.7 Å². The summed E-state index contributed by atoms with van der Waals surface area (Å²) in [6, 6.07) is 14.4. The fourth-order valence-electron chi connectivity index (χ4n) is 6.25. The van der Waals surface area contributed by atoms with Gasteiger partial charge in [-0.3, -0.25) is 24.0 Å². The Hall–Kier alpha value is -5.60. The highest BCUT2D eigenvalue weighted by atomic mass is 16.4. The maximum absolute atomic E-state index is 13.4. The topological polar surface area (TPSA) is 222 Å². The van der Waals surface area contributed by atoms with Gasteiger partial charge in [0.1, 0.15) is 18.6 Å². The second-order valence-electron chi connectivity index (χ2n) is 14.0. The molecule has 15 heteroatoms. The number of carbonyl (C=O) groups is 6. The van der Waals surface area contributed by atoms with E-state index in [1.165, 1.54) is 57.6 Å². The highest BCUT2D eigenvalue weighted by Crippen LogP contribution is 2.18. The van der Waals surface area contributed by atoms with Crippen LogP contribution in [0.5, 0.6) is 0 Å². The lowest BCUT2D eigenvalue weighted by Gasteiger charge is -2.20. The molecule has 0 spiro atoms. The summed E-state index contributed by atoms with van der Waals surface area (Å²) < 4.78 is 1.16. The lowest BCUT2D eigenvalue weighted by atomic mass is 10.0. The first kappa shape index (κ1) is 44.8. The number of nitrogens with zero attached hydrogens (tertiary/aromatic N) is 3. The maximum atomic E-state index is 13.4. The van der Waals surface area contributed by atoms with Crippen LogP contribution in [0.25, 0.3) is 0 Å². The Kier molecular flexibility index (Phi) is 20.4. The Balaban J connectivity index is 1.56. The van der Waals surface area contributed by atoms with Crippen LogP contribution in [0.3, 0.4) is 0 Å². The predicted octanol–water partition coefficient (Wildman–Crippen LogP) is 4.38. The SMILES string of the molecule is CCCCCCCCCCCCCCC(C(=O)O)n1cc(C(=O)N[C@@H](Cc2ccccc2)C(=O)NCC(=O)N[C@@H](Cc2ccccc2)C(=O)NCC(=O)O)nn1. The molecule has 0 saturated carbocycles. The average Bonchev–Trinajstić information content (AvgIpc) is 3.68. The van der Waals surface area contributed by atoms with Crippen LogP contribution < -0.4 is 21.3 Å². The Morgan fingerprint density at radius 3 is 1.62 bits per heavy atom. The number of carbonyl (C=O) groups excluding carboxylic acids is 4. The number of rotatable bonds is 28. The molecule has 1 aromatic heterocycles. The number of aromatic nitrogens is 3. The largest absolute Gasteiger partial charge is 0.480 e. The second kappa shape index (κ2) is 25.5. The van der Waals surface area contributed by atoms with Gasteiger partial charge in [-0.1, -0.05) is 150 Å². The molecule has 0 saturated heterocycles. The molecule has 6 N–H and O–H groups in total. The number of nitrogens with one attached hydrogen (secondary N) is 4. The highest BCUT2D eigenvalue weighted by molar-refractivity contribution is 5.97. The van der Waals surface area contributed by atoms with E-state index in [0.29, 0.717) is 24.0 Å². The molecule has 0 bridgehead atoms. The normalized spacial score (nSPS) is 12.5. The first-order valence-corrected chi connectivity index (χ1v) is 19.7. The zero-order valence-corrected chi connectivity index (χ0v) is 32.3. The minimum absolute atomic E-state index is 0.0547. The van der Waals surface area contributed by atoms with E-state index in [0.717, 1.165) is 23.9 Å². The molecule has 56 heavy (non-hydrogen) atoms. The summed E-state index contributed by atoms with van der Waals surface area (Å²) in [5.74, 6) is -5.22. The van der Waals surface area contributed by atoms with Crippen LogP contribution in [0.15, 0.2) is 66.9 Å². The molecule has 0 aliphatic carbocycles. The van der Waals surface area contributed by atoms with E-state index >= 15 is 0 Å². The molecule has 1 heterocycles. The standard InChI is InChI=1S/C41H57N7O8/c1-2-3-4-5-6-7-8-9-10-11-12-19-24-35(41(55)56)48-29-34(46-47-48)40(54)45-33(26-31-22-17-14-18-23-31)39(53)42-27-36(49)44-32(38(52)43-28-37(50)51)25-30-20-15-13-16-21-30/h13-18,20-23,29,32-33,35H,2-12,19,24-28H2,1H3,(H,42,53)(H,43,52)(H,44,49)(H,45,54)(H,50,51)(H,55,56)/t32-,33-,35?/m0/s1. The number of carboxylic acids is 2. The van der Waals surface area contributed by atoms with Gasteiger partial charge in [0, 0.05) is 12.8 Å². The first-order chi connectivity index (χ1) is 27.1. The van der Waals surface area contributed by atoms with E-state index in [9.17, 15) is 33.9 Å². The third-order valence-corrected chi connectivity index (χ3v) is 9.35. The molecule has 304 valence electrons. The smallest absolute Gasteiger partial charge is 0.328 e. The van der Waals surface area contributed by atoms with Crippen LogP contribution >= 0.6 is 0 Å². The lowest BCUT2D eigenvalue weighted by Crippen LogP contribution is -2.53. The van der Waals surface area contributed by atoms with Crippen LogP contribution in [0.4, 0.5) is 0 Å². The van der Waals surface area contributed by atoms with Crippen molar-refractivity contribution in [3.05, 3.63) is 83.7 Å². The summed E-state index contributed by atoms with van der Waals surface area (Å²) in [5, 5.41) is 36.7. The van der Waals surface area contributed by atoms with E-state index < -0.39 is 66.8 Å². The van der Waals surface area contributed by atoms with Gasteiger partial charge in [-0.15, -0.1) is 5.10 Å². The number of unbranched alkanes of at least 4 members (excludes halogenated alkanes) is 11. The third kappa shape index (κ3) is 17.2. The van der Waals surface area contributed by atoms with Gasteiger partial charge in [-0.25, -0.2) is 9.48 Å². The van der Waals surface area contributed by atoms with E-state index in [-0.39, 0.29) is 18.5 Å². The summed E-state index contributed by atoms with van der Waals surface area (Å²) >= 11 is 0. The molecular weight excluding hydrogens is 718 g/mol. The number of hydrogen-bond donors (Lipinski definition) is 6. The Morgan fingerprint density at radius 2 is 1.12 bits per heavy atom. The van der Waals surface area contributed by atoms with Crippen molar-refractivity contribution in [1.82, 2.24) is 36.3 Å². The van der Waals surface area contributed by atoms with Gasteiger partial charge in [0.05, 0.1) is 12.7 Å². The fourth-order valence-corrected chi connectivity index (χ4v) is 6.25. The van der Waals surface area contributed by atoms with Crippen molar-refractivity contribution in [3.8, 4) is 0 Å². The molecule has 15 nitrogen and oxygen atoms in total.